The van der Waals surface area contributed by atoms with E-state index in [0.29, 0.717) is 3.57 Å². The zero-order valence-corrected chi connectivity index (χ0v) is 11.1. The molecule has 0 bridgehead atoms. The zero-order chi connectivity index (χ0) is 12.6. The average molecular weight is 354 g/mol. The van der Waals surface area contributed by atoms with Gasteiger partial charge in [-0.3, -0.25) is 4.79 Å². The van der Waals surface area contributed by atoms with Crippen molar-refractivity contribution in [1.29, 1.82) is 0 Å². The number of pyridine rings is 1. The van der Waals surface area contributed by atoms with E-state index in [9.17, 15) is 13.6 Å². The third-order valence-corrected chi connectivity index (χ3v) is 3.30. The lowest BCUT2D eigenvalue weighted by Gasteiger charge is -2.38. The fourth-order valence-electron chi connectivity index (χ4n) is 1.58. The van der Waals surface area contributed by atoms with Gasteiger partial charge in [-0.05, 0) is 28.7 Å². The number of carbonyl (C=O) groups excluding carboxylic acids is 1. The molecule has 1 aliphatic rings. The lowest BCUT2D eigenvalue weighted by Crippen LogP contribution is -2.58. The number of halogens is 3. The number of hydrogen-bond acceptors (Lipinski definition) is 3. The second-order valence-corrected chi connectivity index (χ2v) is 4.86. The van der Waals surface area contributed by atoms with Gasteiger partial charge in [0.1, 0.15) is 5.56 Å². The fraction of sp³-hybridized carbons (Fsp3) is 0.400. The monoisotopic (exact) mass is 354 g/mol. The largest absolute Gasteiger partial charge is 0.480 e. The van der Waals surface area contributed by atoms with Gasteiger partial charge in [0, 0.05) is 9.77 Å². The molecule has 2 heterocycles. The second-order valence-electron chi connectivity index (χ2n) is 3.69. The van der Waals surface area contributed by atoms with Gasteiger partial charge in [-0.25, -0.2) is 13.8 Å². The molecule has 0 spiro atoms. The number of alkyl halides is 2. The van der Waals surface area contributed by atoms with E-state index in [1.165, 1.54) is 13.3 Å². The Kier molecular flexibility index (Phi) is 3.19. The first-order chi connectivity index (χ1) is 7.94. The van der Waals surface area contributed by atoms with Crippen molar-refractivity contribution in [3.05, 3.63) is 21.4 Å². The van der Waals surface area contributed by atoms with Crippen LogP contribution in [0.25, 0.3) is 0 Å². The van der Waals surface area contributed by atoms with Crippen LogP contribution >= 0.6 is 22.6 Å². The van der Waals surface area contributed by atoms with Gasteiger partial charge < -0.3 is 9.64 Å². The van der Waals surface area contributed by atoms with Gasteiger partial charge in [-0.15, -0.1) is 0 Å². The second kappa shape index (κ2) is 4.35. The Hall–Kier alpha value is -0.990. The van der Waals surface area contributed by atoms with Crippen molar-refractivity contribution in [3.63, 3.8) is 0 Å². The highest BCUT2D eigenvalue weighted by Gasteiger charge is 2.47. The van der Waals surface area contributed by atoms with Crippen molar-refractivity contribution in [1.82, 2.24) is 9.88 Å². The zero-order valence-electron chi connectivity index (χ0n) is 8.91. The molecule has 17 heavy (non-hydrogen) atoms. The maximum absolute atomic E-state index is 12.7. The molecule has 7 heteroatoms. The van der Waals surface area contributed by atoms with Gasteiger partial charge in [0.2, 0.25) is 5.88 Å². The van der Waals surface area contributed by atoms with Crippen LogP contribution in [0.5, 0.6) is 5.88 Å². The number of amides is 1. The predicted molar refractivity (Wildman–Crippen MR) is 64.4 cm³/mol. The molecule has 0 radical (unpaired) electrons. The summed E-state index contributed by atoms with van der Waals surface area (Å²) in [6.45, 7) is -1.08. The number of ether oxygens (including phenoxy) is 1. The van der Waals surface area contributed by atoms with Crippen molar-refractivity contribution >= 4 is 28.5 Å². The van der Waals surface area contributed by atoms with Gasteiger partial charge >= 0.3 is 0 Å². The summed E-state index contributed by atoms with van der Waals surface area (Å²) >= 11 is 1.95. The Labute approximate surface area is 110 Å². The third kappa shape index (κ3) is 2.33. The summed E-state index contributed by atoms with van der Waals surface area (Å²) < 4.78 is 31.0. The normalized spacial score (nSPS) is 17.5. The summed E-state index contributed by atoms with van der Waals surface area (Å²) in [7, 11) is 1.39. The van der Waals surface area contributed by atoms with Gasteiger partial charge in [0.25, 0.3) is 11.8 Å². The number of nitrogens with zero attached hydrogens (tertiary/aromatic N) is 2. The number of methoxy groups -OCH3 is 1. The number of rotatable bonds is 2. The Morgan fingerprint density at radius 2 is 2.24 bits per heavy atom. The van der Waals surface area contributed by atoms with Crippen LogP contribution in [0, 0.1) is 3.57 Å². The quantitative estimate of drug-likeness (QED) is 0.761. The molecule has 2 rings (SSSR count). The standard InChI is InChI=1S/C10H9F2IN2O2/c1-17-8-7(6(13)2-3-14-8)9(16)15-4-10(11,12)5-15/h2-3H,4-5H2,1H3. The molecule has 0 aliphatic carbocycles. The number of likely N-dealkylation sites (tertiary alicyclic amines) is 1. The van der Waals surface area contributed by atoms with Crippen molar-refractivity contribution in [3.8, 4) is 5.88 Å². The highest BCUT2D eigenvalue weighted by Crippen LogP contribution is 2.31. The molecule has 0 atom stereocenters. The maximum atomic E-state index is 12.7. The maximum Gasteiger partial charge on any atom is 0.282 e. The van der Waals surface area contributed by atoms with E-state index < -0.39 is 24.9 Å². The SMILES string of the molecule is COc1nccc(I)c1C(=O)N1CC(F)(F)C1. The first kappa shape index (κ1) is 12.5. The molecule has 1 amide bonds. The Bertz CT molecular complexity index is 460. The minimum Gasteiger partial charge on any atom is -0.480 e. The van der Waals surface area contributed by atoms with Crippen molar-refractivity contribution in [2.45, 2.75) is 5.92 Å². The van der Waals surface area contributed by atoms with Crippen LogP contribution in [-0.4, -0.2) is 41.9 Å². The Balaban J connectivity index is 2.26. The van der Waals surface area contributed by atoms with Crippen LogP contribution in [0.3, 0.4) is 0 Å². The number of aromatic nitrogens is 1. The molecular weight excluding hydrogens is 345 g/mol. The van der Waals surface area contributed by atoms with E-state index in [0.717, 1.165) is 4.90 Å². The van der Waals surface area contributed by atoms with Crippen LogP contribution in [0.4, 0.5) is 8.78 Å². The summed E-state index contributed by atoms with van der Waals surface area (Å²) in [4.78, 5) is 17.0. The van der Waals surface area contributed by atoms with Crippen molar-refractivity contribution in [2.75, 3.05) is 20.2 Å². The molecule has 0 N–H and O–H groups in total. The first-order valence-corrected chi connectivity index (χ1v) is 5.88. The van der Waals surface area contributed by atoms with Crippen LogP contribution in [0.1, 0.15) is 10.4 Å². The Morgan fingerprint density at radius 1 is 1.59 bits per heavy atom. The van der Waals surface area contributed by atoms with E-state index in [4.69, 9.17) is 4.74 Å². The molecule has 1 fully saturated rings. The summed E-state index contributed by atoms with van der Waals surface area (Å²) in [6.07, 6.45) is 1.50. The molecular formula is C10H9F2IN2O2. The lowest BCUT2D eigenvalue weighted by molar-refractivity contribution is -0.113. The first-order valence-electron chi connectivity index (χ1n) is 4.80. The average Bonchev–Trinajstić information content (AvgIpc) is 2.24. The van der Waals surface area contributed by atoms with Gasteiger partial charge in [-0.2, -0.15) is 0 Å². The molecule has 0 saturated carbocycles. The minimum atomic E-state index is -2.77. The molecule has 1 aliphatic heterocycles. The van der Waals surface area contributed by atoms with Crippen molar-refractivity contribution in [2.24, 2.45) is 0 Å². The minimum absolute atomic E-state index is 0.164. The van der Waals surface area contributed by atoms with Gasteiger partial charge in [0.15, 0.2) is 0 Å². The third-order valence-electron chi connectivity index (χ3n) is 2.40. The van der Waals surface area contributed by atoms with Crippen LogP contribution in [0.2, 0.25) is 0 Å². The summed E-state index contributed by atoms with van der Waals surface area (Å²) in [5, 5.41) is 0. The topological polar surface area (TPSA) is 42.4 Å². The smallest absolute Gasteiger partial charge is 0.282 e. The van der Waals surface area contributed by atoms with Crippen LogP contribution in [0.15, 0.2) is 12.3 Å². The number of carbonyl (C=O) groups is 1. The summed E-state index contributed by atoms with van der Waals surface area (Å²) in [6, 6.07) is 1.63. The van der Waals surface area contributed by atoms with Gasteiger partial charge in [-0.1, -0.05) is 0 Å². The molecule has 1 aromatic rings. The van der Waals surface area contributed by atoms with Crippen molar-refractivity contribution < 1.29 is 18.3 Å². The molecule has 1 aromatic heterocycles. The predicted octanol–water partition coefficient (Wildman–Crippen LogP) is 1.79. The molecule has 4 nitrogen and oxygen atoms in total. The molecule has 0 aromatic carbocycles. The number of hydrogen-bond donors (Lipinski definition) is 0. The molecule has 0 unspecified atom stereocenters. The van der Waals surface area contributed by atoms with Gasteiger partial charge in [0.05, 0.1) is 20.2 Å². The molecule has 92 valence electrons. The van der Waals surface area contributed by atoms with Crippen LogP contribution < -0.4 is 4.74 Å². The summed E-state index contributed by atoms with van der Waals surface area (Å²) in [5.74, 6) is -3.07. The van der Waals surface area contributed by atoms with E-state index in [-0.39, 0.29) is 11.4 Å². The van der Waals surface area contributed by atoms with E-state index in [1.54, 1.807) is 6.07 Å². The highest BCUT2D eigenvalue weighted by atomic mass is 127. The fourth-order valence-corrected chi connectivity index (χ4v) is 2.20. The highest BCUT2D eigenvalue weighted by molar-refractivity contribution is 14.1. The van der Waals surface area contributed by atoms with E-state index in [2.05, 4.69) is 4.98 Å². The molecule has 1 saturated heterocycles. The van der Waals surface area contributed by atoms with E-state index >= 15 is 0 Å². The lowest BCUT2D eigenvalue weighted by atomic mass is 10.1. The van der Waals surface area contributed by atoms with Crippen LogP contribution in [-0.2, 0) is 0 Å². The Morgan fingerprint density at radius 3 is 2.76 bits per heavy atom. The summed E-state index contributed by atoms with van der Waals surface area (Å²) in [5.41, 5.74) is 0.242. The van der Waals surface area contributed by atoms with E-state index in [1.807, 2.05) is 22.6 Å².